The molecule has 1 aliphatic heterocycles. The minimum Gasteiger partial charge on any atom is -0.382 e. The quantitative estimate of drug-likeness (QED) is 0.721. The molecule has 0 aromatic rings. The lowest BCUT2D eigenvalue weighted by molar-refractivity contribution is -0.0972. The standard InChI is InChI=1S/C15H29NO3/c1-17-10-11-18-8-5-14(16)13-4-9-19-15(12-13)6-2-3-7-15/h13-14H,2-12,16H2,1H3. The molecule has 0 aromatic heterocycles. The Balaban J connectivity index is 1.68. The van der Waals surface area contributed by atoms with Gasteiger partial charge in [0.25, 0.3) is 0 Å². The number of methoxy groups -OCH3 is 1. The van der Waals surface area contributed by atoms with E-state index in [0.29, 0.717) is 19.1 Å². The van der Waals surface area contributed by atoms with Crippen molar-refractivity contribution in [1.29, 1.82) is 0 Å². The smallest absolute Gasteiger partial charge is 0.0700 e. The summed E-state index contributed by atoms with van der Waals surface area (Å²) < 4.78 is 16.5. The van der Waals surface area contributed by atoms with Crippen molar-refractivity contribution < 1.29 is 14.2 Å². The average molecular weight is 271 g/mol. The van der Waals surface area contributed by atoms with E-state index in [1.54, 1.807) is 7.11 Å². The first kappa shape index (κ1) is 15.2. The molecule has 2 atom stereocenters. The van der Waals surface area contributed by atoms with E-state index < -0.39 is 0 Å². The monoisotopic (exact) mass is 271 g/mol. The molecular formula is C15H29NO3. The molecule has 4 heteroatoms. The molecular weight excluding hydrogens is 242 g/mol. The molecule has 2 N–H and O–H groups in total. The topological polar surface area (TPSA) is 53.7 Å². The summed E-state index contributed by atoms with van der Waals surface area (Å²) in [6, 6.07) is 0.254. The molecule has 1 aliphatic carbocycles. The predicted octanol–water partition coefficient (Wildman–Crippen LogP) is 2.11. The lowest BCUT2D eigenvalue weighted by atomic mass is 9.80. The average Bonchev–Trinajstić information content (AvgIpc) is 2.86. The molecule has 0 bridgehead atoms. The molecule has 1 spiro atoms. The van der Waals surface area contributed by atoms with Crippen LogP contribution in [0.2, 0.25) is 0 Å². The Morgan fingerprint density at radius 1 is 1.26 bits per heavy atom. The molecule has 2 rings (SSSR count). The van der Waals surface area contributed by atoms with Gasteiger partial charge in [0, 0.05) is 26.4 Å². The molecule has 1 heterocycles. The molecule has 0 aromatic carbocycles. The van der Waals surface area contributed by atoms with Crippen LogP contribution < -0.4 is 5.73 Å². The Kier molecular flexibility index (Phi) is 6.07. The second-order valence-electron chi connectivity index (χ2n) is 6.05. The SMILES string of the molecule is COCCOCCC(N)C1CCOC2(CCCC2)C1. The first-order chi connectivity index (χ1) is 9.26. The van der Waals surface area contributed by atoms with Gasteiger partial charge >= 0.3 is 0 Å². The third-order valence-corrected chi connectivity index (χ3v) is 4.68. The summed E-state index contributed by atoms with van der Waals surface area (Å²) >= 11 is 0. The van der Waals surface area contributed by atoms with Crippen LogP contribution in [0, 0.1) is 5.92 Å². The summed E-state index contributed by atoms with van der Waals surface area (Å²) in [4.78, 5) is 0. The maximum atomic E-state index is 6.35. The Bertz CT molecular complexity index is 254. The van der Waals surface area contributed by atoms with E-state index in [9.17, 15) is 0 Å². The minimum absolute atomic E-state index is 0.178. The maximum Gasteiger partial charge on any atom is 0.0700 e. The Labute approximate surface area is 117 Å². The normalized spacial score (nSPS) is 27.8. The van der Waals surface area contributed by atoms with Gasteiger partial charge in [0.05, 0.1) is 18.8 Å². The summed E-state index contributed by atoms with van der Waals surface area (Å²) in [5, 5.41) is 0. The van der Waals surface area contributed by atoms with Gasteiger partial charge in [-0.25, -0.2) is 0 Å². The first-order valence-electron chi connectivity index (χ1n) is 7.72. The second kappa shape index (κ2) is 7.58. The molecule has 0 radical (unpaired) electrons. The summed E-state index contributed by atoms with van der Waals surface area (Å²) in [5.41, 5.74) is 6.53. The fourth-order valence-corrected chi connectivity index (χ4v) is 3.50. The fraction of sp³-hybridized carbons (Fsp3) is 1.00. The predicted molar refractivity (Wildman–Crippen MR) is 75.2 cm³/mol. The van der Waals surface area contributed by atoms with Crippen LogP contribution in [-0.4, -0.2) is 45.2 Å². The summed E-state index contributed by atoms with van der Waals surface area (Å²) in [6.45, 7) is 2.97. The molecule has 2 unspecified atom stereocenters. The number of ether oxygens (including phenoxy) is 3. The fourth-order valence-electron chi connectivity index (χ4n) is 3.50. The lowest BCUT2D eigenvalue weighted by Gasteiger charge is -2.40. The number of hydrogen-bond donors (Lipinski definition) is 1. The van der Waals surface area contributed by atoms with Crippen molar-refractivity contribution >= 4 is 0 Å². The van der Waals surface area contributed by atoms with Crippen LogP contribution in [0.25, 0.3) is 0 Å². The van der Waals surface area contributed by atoms with Crippen molar-refractivity contribution in [2.24, 2.45) is 11.7 Å². The molecule has 19 heavy (non-hydrogen) atoms. The third-order valence-electron chi connectivity index (χ3n) is 4.68. The van der Waals surface area contributed by atoms with Crippen molar-refractivity contribution in [3.8, 4) is 0 Å². The van der Waals surface area contributed by atoms with Crippen LogP contribution in [0.4, 0.5) is 0 Å². The second-order valence-corrected chi connectivity index (χ2v) is 6.05. The summed E-state index contributed by atoms with van der Waals surface area (Å²) in [6.07, 6.45) is 8.34. The minimum atomic E-state index is 0.178. The van der Waals surface area contributed by atoms with Crippen LogP contribution in [0.15, 0.2) is 0 Å². The molecule has 2 aliphatic rings. The third kappa shape index (κ3) is 4.42. The van der Waals surface area contributed by atoms with Crippen molar-refractivity contribution in [2.45, 2.75) is 56.6 Å². The zero-order valence-corrected chi connectivity index (χ0v) is 12.2. The summed E-state index contributed by atoms with van der Waals surface area (Å²) in [5.74, 6) is 0.609. The van der Waals surface area contributed by atoms with Crippen LogP contribution in [-0.2, 0) is 14.2 Å². The van der Waals surface area contributed by atoms with Gasteiger partial charge < -0.3 is 19.9 Å². The van der Waals surface area contributed by atoms with Gasteiger partial charge in [-0.15, -0.1) is 0 Å². The van der Waals surface area contributed by atoms with E-state index in [2.05, 4.69) is 0 Å². The van der Waals surface area contributed by atoms with Crippen LogP contribution in [0.5, 0.6) is 0 Å². The van der Waals surface area contributed by atoms with Crippen molar-refractivity contribution in [3.05, 3.63) is 0 Å². The van der Waals surface area contributed by atoms with Gasteiger partial charge in [-0.3, -0.25) is 0 Å². The van der Waals surface area contributed by atoms with Crippen LogP contribution in [0.3, 0.4) is 0 Å². The molecule has 0 amide bonds. The number of hydrogen-bond acceptors (Lipinski definition) is 4. The Hall–Kier alpha value is -0.160. The molecule has 1 saturated heterocycles. The van der Waals surface area contributed by atoms with E-state index in [1.807, 2.05) is 0 Å². The van der Waals surface area contributed by atoms with Crippen molar-refractivity contribution in [2.75, 3.05) is 33.5 Å². The van der Waals surface area contributed by atoms with E-state index in [4.69, 9.17) is 19.9 Å². The van der Waals surface area contributed by atoms with Crippen molar-refractivity contribution in [3.63, 3.8) is 0 Å². The molecule has 4 nitrogen and oxygen atoms in total. The number of nitrogens with two attached hydrogens (primary N) is 1. The zero-order valence-electron chi connectivity index (χ0n) is 12.2. The summed E-state index contributed by atoms with van der Waals surface area (Å²) in [7, 11) is 1.69. The zero-order chi connectivity index (χ0) is 13.6. The van der Waals surface area contributed by atoms with Gasteiger partial charge in [-0.05, 0) is 38.0 Å². The lowest BCUT2D eigenvalue weighted by Crippen LogP contribution is -2.44. The maximum absolute atomic E-state index is 6.35. The Morgan fingerprint density at radius 2 is 2.05 bits per heavy atom. The number of rotatable bonds is 7. The van der Waals surface area contributed by atoms with E-state index in [0.717, 1.165) is 32.5 Å². The Morgan fingerprint density at radius 3 is 2.79 bits per heavy atom. The van der Waals surface area contributed by atoms with Crippen LogP contribution in [0.1, 0.15) is 44.9 Å². The van der Waals surface area contributed by atoms with Gasteiger partial charge in [0.1, 0.15) is 0 Å². The van der Waals surface area contributed by atoms with E-state index in [-0.39, 0.29) is 11.6 Å². The van der Waals surface area contributed by atoms with E-state index in [1.165, 1.54) is 25.7 Å². The highest BCUT2D eigenvalue weighted by atomic mass is 16.5. The highest BCUT2D eigenvalue weighted by Crippen LogP contribution is 2.42. The van der Waals surface area contributed by atoms with Gasteiger partial charge in [0.15, 0.2) is 0 Å². The highest BCUT2D eigenvalue weighted by Gasteiger charge is 2.41. The largest absolute Gasteiger partial charge is 0.382 e. The molecule has 112 valence electrons. The first-order valence-corrected chi connectivity index (χ1v) is 7.72. The molecule has 2 fully saturated rings. The van der Waals surface area contributed by atoms with Crippen molar-refractivity contribution in [1.82, 2.24) is 0 Å². The highest BCUT2D eigenvalue weighted by molar-refractivity contribution is 4.93. The van der Waals surface area contributed by atoms with Crippen LogP contribution >= 0.6 is 0 Å². The van der Waals surface area contributed by atoms with Gasteiger partial charge in [-0.1, -0.05) is 12.8 Å². The van der Waals surface area contributed by atoms with E-state index >= 15 is 0 Å². The van der Waals surface area contributed by atoms with Gasteiger partial charge in [0.2, 0.25) is 0 Å². The van der Waals surface area contributed by atoms with Gasteiger partial charge in [-0.2, -0.15) is 0 Å². The molecule has 1 saturated carbocycles.